The zero-order valence-electron chi connectivity index (χ0n) is 19.7. The van der Waals surface area contributed by atoms with E-state index in [9.17, 15) is 22.4 Å². The first-order valence-electron chi connectivity index (χ1n) is 11.0. The van der Waals surface area contributed by atoms with E-state index >= 15 is 0 Å². The molecule has 3 heterocycles. The van der Waals surface area contributed by atoms with Gasteiger partial charge in [-0.25, -0.2) is 14.4 Å². The molecule has 5 rings (SSSR count). The van der Waals surface area contributed by atoms with Crippen LogP contribution >= 0.6 is 0 Å². The third-order valence-corrected chi connectivity index (χ3v) is 4.89. The van der Waals surface area contributed by atoms with Crippen molar-refractivity contribution in [3.63, 3.8) is 0 Å². The van der Waals surface area contributed by atoms with Gasteiger partial charge in [0.25, 0.3) is 5.91 Å². The van der Waals surface area contributed by atoms with Crippen LogP contribution in [0.15, 0.2) is 85.1 Å². The number of hydrogen-bond acceptors (Lipinski definition) is 6. The van der Waals surface area contributed by atoms with Crippen molar-refractivity contribution in [3.8, 4) is 28.6 Å². The second-order valence-corrected chi connectivity index (χ2v) is 7.71. The zero-order chi connectivity index (χ0) is 27.3. The molecule has 0 aliphatic heterocycles. The van der Waals surface area contributed by atoms with Crippen LogP contribution in [0.4, 0.5) is 17.6 Å². The van der Waals surface area contributed by atoms with Gasteiger partial charge in [0.15, 0.2) is 17.2 Å². The smallest absolute Gasteiger partial charge is 0.436 e. The molecule has 12 heteroatoms. The monoisotopic (exact) mass is 525 g/mol. The number of carbonyl (C=O) groups excluding carboxylic acids is 1. The molecule has 0 unspecified atom stereocenters. The number of aromatic nitrogens is 4. The first-order chi connectivity index (χ1) is 18.1. The van der Waals surface area contributed by atoms with E-state index in [2.05, 4.69) is 19.8 Å². The van der Waals surface area contributed by atoms with Gasteiger partial charge in [-0.1, -0.05) is 18.2 Å². The Morgan fingerprint density at radius 1 is 0.947 bits per heavy atom. The molecule has 2 aromatic carbocycles. The summed E-state index contributed by atoms with van der Waals surface area (Å²) in [6.07, 6.45) is -3.11. The highest BCUT2D eigenvalue weighted by Crippen LogP contribution is 2.26. The topological polar surface area (TPSA) is 105 Å². The predicted molar refractivity (Wildman–Crippen MR) is 129 cm³/mol. The summed E-state index contributed by atoms with van der Waals surface area (Å²) in [4.78, 5) is 19.3. The Kier molecular flexibility index (Phi) is 7.51. The van der Waals surface area contributed by atoms with Gasteiger partial charge < -0.3 is 15.2 Å². The molecule has 0 radical (unpaired) electrons. The molecule has 1 amide bonds. The number of nitrogens with two attached hydrogens (primary N) is 1. The maximum absolute atomic E-state index is 13.5. The predicted octanol–water partition coefficient (Wildman–Crippen LogP) is 5.72. The van der Waals surface area contributed by atoms with Crippen LogP contribution < -0.4 is 15.2 Å². The minimum atomic E-state index is -4.73. The van der Waals surface area contributed by atoms with Gasteiger partial charge in [0.1, 0.15) is 11.4 Å². The van der Waals surface area contributed by atoms with Gasteiger partial charge in [0.05, 0.1) is 11.9 Å². The molecule has 0 atom stereocenters. The molecular formula is C26H19F4N5O3. The van der Waals surface area contributed by atoms with Crippen LogP contribution in [-0.4, -0.2) is 31.9 Å². The Labute approximate surface area is 213 Å². The Bertz CT molecular complexity index is 1570. The van der Waals surface area contributed by atoms with E-state index in [0.717, 1.165) is 5.69 Å². The maximum atomic E-state index is 13.5. The molecule has 2 N–H and O–H groups in total. The van der Waals surface area contributed by atoms with Crippen LogP contribution in [0.25, 0.3) is 16.9 Å². The summed E-state index contributed by atoms with van der Waals surface area (Å²) in [6, 6.07) is 19.5. The average molecular weight is 525 g/mol. The second kappa shape index (κ2) is 10.9. The van der Waals surface area contributed by atoms with Crippen molar-refractivity contribution in [1.29, 1.82) is 0 Å². The molecule has 0 saturated heterocycles. The van der Waals surface area contributed by atoms with Crippen LogP contribution in [0.3, 0.4) is 0 Å². The number of hydrogen-bond donors (Lipinski definition) is 1. The lowest BCUT2D eigenvalue weighted by atomic mass is 10.1. The lowest BCUT2D eigenvalue weighted by Gasteiger charge is -2.09. The van der Waals surface area contributed by atoms with E-state index in [1.54, 1.807) is 48.7 Å². The number of benzene rings is 2. The highest BCUT2D eigenvalue weighted by atomic mass is 19.4. The van der Waals surface area contributed by atoms with Gasteiger partial charge in [-0.2, -0.15) is 9.61 Å². The molecule has 3 aromatic heterocycles. The quantitative estimate of drug-likeness (QED) is 0.295. The number of para-hydroxylation sites is 1. The largest absolute Gasteiger partial charge is 0.573 e. The van der Waals surface area contributed by atoms with Gasteiger partial charge in [-0.15, -0.1) is 13.2 Å². The van der Waals surface area contributed by atoms with Gasteiger partial charge in [0.2, 0.25) is 5.88 Å². The van der Waals surface area contributed by atoms with Crippen molar-refractivity contribution in [3.05, 3.63) is 102 Å². The van der Waals surface area contributed by atoms with Crippen LogP contribution in [0, 0.1) is 12.7 Å². The van der Waals surface area contributed by atoms with E-state index in [0.29, 0.717) is 22.8 Å². The summed E-state index contributed by atoms with van der Waals surface area (Å²) in [7, 11) is 0. The van der Waals surface area contributed by atoms with Crippen molar-refractivity contribution in [2.75, 3.05) is 0 Å². The van der Waals surface area contributed by atoms with Crippen LogP contribution in [0.1, 0.15) is 16.2 Å². The minimum Gasteiger partial charge on any atom is -0.436 e. The maximum Gasteiger partial charge on any atom is 0.573 e. The number of carbonyl (C=O) groups is 1. The summed E-state index contributed by atoms with van der Waals surface area (Å²) in [5.41, 5.74) is 7.62. The van der Waals surface area contributed by atoms with Crippen LogP contribution in [0.2, 0.25) is 0 Å². The van der Waals surface area contributed by atoms with Crippen LogP contribution in [-0.2, 0) is 0 Å². The molecule has 0 aliphatic carbocycles. The average Bonchev–Trinajstić information content (AvgIpc) is 3.34. The van der Waals surface area contributed by atoms with E-state index < -0.39 is 18.1 Å². The summed E-state index contributed by atoms with van der Waals surface area (Å²) >= 11 is 0. The van der Waals surface area contributed by atoms with Crippen LogP contribution in [0.5, 0.6) is 17.4 Å². The normalized spacial score (nSPS) is 11.0. The summed E-state index contributed by atoms with van der Waals surface area (Å²) < 4.78 is 60.4. The number of alkyl halides is 3. The summed E-state index contributed by atoms with van der Waals surface area (Å²) in [6.45, 7) is 1.85. The van der Waals surface area contributed by atoms with Crippen molar-refractivity contribution in [2.24, 2.45) is 5.73 Å². The molecule has 38 heavy (non-hydrogen) atoms. The Morgan fingerprint density at radius 3 is 2.37 bits per heavy atom. The Morgan fingerprint density at radius 2 is 1.68 bits per heavy atom. The molecular weight excluding hydrogens is 506 g/mol. The highest BCUT2D eigenvalue weighted by Gasteiger charge is 2.31. The number of nitrogens with zero attached hydrogens (tertiary/aromatic N) is 4. The number of halogens is 4. The fraction of sp³-hybridized carbons (Fsp3) is 0.0769. The molecule has 0 bridgehead atoms. The third-order valence-electron chi connectivity index (χ3n) is 4.89. The molecule has 5 aromatic rings. The van der Waals surface area contributed by atoms with Crippen molar-refractivity contribution >= 4 is 11.6 Å². The lowest BCUT2D eigenvalue weighted by molar-refractivity contribution is -0.274. The molecule has 0 spiro atoms. The minimum absolute atomic E-state index is 0.0816. The fourth-order valence-electron chi connectivity index (χ4n) is 3.28. The lowest BCUT2D eigenvalue weighted by Crippen LogP contribution is -2.17. The first-order valence-corrected chi connectivity index (χ1v) is 11.0. The highest BCUT2D eigenvalue weighted by molar-refractivity contribution is 5.91. The van der Waals surface area contributed by atoms with Gasteiger partial charge in [-0.3, -0.25) is 4.79 Å². The van der Waals surface area contributed by atoms with Crippen molar-refractivity contribution in [2.45, 2.75) is 13.3 Å². The zero-order valence-corrected chi connectivity index (χ0v) is 19.7. The molecule has 0 saturated carbocycles. The second-order valence-electron chi connectivity index (χ2n) is 7.71. The molecule has 0 aliphatic rings. The van der Waals surface area contributed by atoms with Crippen molar-refractivity contribution in [1.82, 2.24) is 19.6 Å². The number of rotatable bonds is 5. The Hall–Kier alpha value is -5.00. The van der Waals surface area contributed by atoms with Gasteiger partial charge >= 0.3 is 6.36 Å². The number of aryl methyl sites for hydroxylation is 1. The van der Waals surface area contributed by atoms with E-state index in [-0.39, 0.29) is 17.2 Å². The number of pyridine rings is 1. The summed E-state index contributed by atoms with van der Waals surface area (Å²) in [5, 5.41) is 4.09. The van der Waals surface area contributed by atoms with E-state index in [4.69, 9.17) is 10.5 Å². The third kappa shape index (κ3) is 6.60. The first kappa shape index (κ1) is 26.1. The van der Waals surface area contributed by atoms with Gasteiger partial charge in [0, 0.05) is 23.4 Å². The standard InChI is InChI=1S/C13H9F3N2O2.C13H10FN3O/c14-13(15,16)20-9-6-4-8(5-7-9)10-2-1-3-11(18-10)12(17)19;1-9-8-13(17-12(16-9)6-7-15-17)18-11-5-3-2-4-10(11)14/h1-7H,(H2,17,19);2-8H,1H3. The van der Waals surface area contributed by atoms with Crippen molar-refractivity contribution < 1.29 is 31.8 Å². The Balaban J connectivity index is 0.000000178. The molecule has 8 nitrogen and oxygen atoms in total. The summed E-state index contributed by atoms with van der Waals surface area (Å²) in [5.74, 6) is -0.809. The fourth-order valence-corrected chi connectivity index (χ4v) is 3.28. The number of ether oxygens (including phenoxy) is 2. The van der Waals surface area contributed by atoms with Gasteiger partial charge in [-0.05, 0) is 55.5 Å². The number of fused-ring (bicyclic) bond motifs is 1. The number of primary amides is 1. The number of amides is 1. The molecule has 194 valence electrons. The molecule has 0 fully saturated rings. The van der Waals surface area contributed by atoms with E-state index in [1.165, 1.54) is 40.9 Å². The SMILES string of the molecule is Cc1cc(Oc2ccccc2F)n2nccc2n1.NC(=O)c1cccc(-c2ccc(OC(F)(F)F)cc2)n1. The van der Waals surface area contributed by atoms with E-state index in [1.807, 2.05) is 6.92 Å².